The highest BCUT2D eigenvalue weighted by atomic mass is 16.3. The molecule has 1 fully saturated rings. The molecule has 5 nitrogen and oxygen atoms in total. The van der Waals surface area contributed by atoms with Crippen molar-refractivity contribution in [3.05, 3.63) is 24.0 Å². The maximum atomic E-state index is 12.2. The topological polar surface area (TPSA) is 79.5 Å². The van der Waals surface area contributed by atoms with E-state index in [0.717, 1.165) is 12.8 Å². The lowest BCUT2D eigenvalue weighted by atomic mass is 9.98. The summed E-state index contributed by atoms with van der Waals surface area (Å²) < 4.78 is 0. The van der Waals surface area contributed by atoms with Crippen molar-refractivity contribution in [3.63, 3.8) is 0 Å². The van der Waals surface area contributed by atoms with E-state index in [1.807, 2.05) is 6.92 Å². The van der Waals surface area contributed by atoms with Crippen LogP contribution in [-0.4, -0.2) is 39.6 Å². The molecule has 3 N–H and O–H groups in total. The Morgan fingerprint density at radius 2 is 2.28 bits per heavy atom. The number of nitrogens with zero attached hydrogens (tertiary/aromatic N) is 2. The Labute approximate surface area is 107 Å². The van der Waals surface area contributed by atoms with Crippen LogP contribution in [0.2, 0.25) is 0 Å². The van der Waals surface area contributed by atoms with E-state index >= 15 is 0 Å². The number of carbonyl (C=O) groups is 1. The molecule has 0 aromatic carbocycles. The number of likely N-dealkylation sites (tertiary alicyclic amines) is 1. The minimum atomic E-state index is -0.668. The van der Waals surface area contributed by atoms with E-state index in [4.69, 9.17) is 5.73 Å². The predicted molar refractivity (Wildman–Crippen MR) is 69.0 cm³/mol. The minimum absolute atomic E-state index is 0.111. The molecule has 98 valence electrons. The summed E-state index contributed by atoms with van der Waals surface area (Å²) in [5.74, 6) is -0.111. The van der Waals surface area contributed by atoms with Crippen LogP contribution in [0.15, 0.2) is 18.3 Å². The Morgan fingerprint density at radius 1 is 1.50 bits per heavy atom. The molecule has 1 aromatic rings. The fraction of sp³-hybridized carbons (Fsp3) is 0.538. The Hall–Kier alpha value is -1.62. The lowest BCUT2D eigenvalue weighted by Crippen LogP contribution is -2.34. The first kappa shape index (κ1) is 12.8. The molecule has 2 heterocycles. The average molecular weight is 249 g/mol. The molecule has 0 saturated carbocycles. The summed E-state index contributed by atoms with van der Waals surface area (Å²) in [5.41, 5.74) is 5.89. The fourth-order valence-corrected chi connectivity index (χ4v) is 2.19. The van der Waals surface area contributed by atoms with Crippen LogP contribution in [-0.2, 0) is 0 Å². The molecule has 18 heavy (non-hydrogen) atoms. The van der Waals surface area contributed by atoms with Gasteiger partial charge in [0.05, 0.1) is 5.60 Å². The van der Waals surface area contributed by atoms with E-state index in [1.165, 1.54) is 6.20 Å². The highest BCUT2D eigenvalue weighted by Crippen LogP contribution is 2.22. The SMILES string of the molecule is CC1(O)CCCN(C(=O)c2cc(N)ccn2)CC1. The number of hydrogen-bond donors (Lipinski definition) is 2. The van der Waals surface area contributed by atoms with Gasteiger partial charge in [0.2, 0.25) is 0 Å². The minimum Gasteiger partial charge on any atom is -0.399 e. The molecule has 0 radical (unpaired) electrons. The number of aromatic nitrogens is 1. The lowest BCUT2D eigenvalue weighted by Gasteiger charge is -2.22. The molecule has 1 aliphatic rings. The molecular formula is C13H19N3O2. The third kappa shape index (κ3) is 2.98. The van der Waals surface area contributed by atoms with Gasteiger partial charge in [-0.1, -0.05) is 0 Å². The Bertz CT molecular complexity index is 446. The number of carbonyl (C=O) groups excluding carboxylic acids is 1. The van der Waals surface area contributed by atoms with Crippen molar-refractivity contribution in [2.24, 2.45) is 0 Å². The molecule has 1 aromatic heterocycles. The standard InChI is InChI=1S/C13H19N3O2/c1-13(18)4-2-7-16(8-5-13)12(17)11-9-10(14)3-6-15-11/h3,6,9,18H,2,4-5,7-8H2,1H3,(H2,14,15). The smallest absolute Gasteiger partial charge is 0.272 e. The number of pyridine rings is 1. The van der Waals surface area contributed by atoms with Crippen LogP contribution < -0.4 is 5.73 Å². The van der Waals surface area contributed by atoms with Crippen LogP contribution in [0.5, 0.6) is 0 Å². The Kier molecular flexibility index (Phi) is 3.52. The van der Waals surface area contributed by atoms with E-state index in [0.29, 0.717) is 30.9 Å². The van der Waals surface area contributed by atoms with E-state index in [9.17, 15) is 9.90 Å². The van der Waals surface area contributed by atoms with Crippen molar-refractivity contribution < 1.29 is 9.90 Å². The van der Waals surface area contributed by atoms with Crippen LogP contribution in [0, 0.1) is 0 Å². The molecule has 1 amide bonds. The van der Waals surface area contributed by atoms with E-state index < -0.39 is 5.60 Å². The number of aliphatic hydroxyl groups is 1. The summed E-state index contributed by atoms with van der Waals surface area (Å²) in [6.07, 6.45) is 3.67. The van der Waals surface area contributed by atoms with Gasteiger partial charge in [-0.05, 0) is 38.3 Å². The van der Waals surface area contributed by atoms with Crippen molar-refractivity contribution in [1.29, 1.82) is 0 Å². The van der Waals surface area contributed by atoms with Crippen LogP contribution in [0.3, 0.4) is 0 Å². The van der Waals surface area contributed by atoms with Gasteiger partial charge in [0.1, 0.15) is 5.69 Å². The molecule has 5 heteroatoms. The quantitative estimate of drug-likeness (QED) is 0.779. The number of hydrogen-bond acceptors (Lipinski definition) is 4. The number of nitrogens with two attached hydrogens (primary N) is 1. The largest absolute Gasteiger partial charge is 0.399 e. The normalized spacial score (nSPS) is 24.7. The Balaban J connectivity index is 2.10. The number of rotatable bonds is 1. The summed E-state index contributed by atoms with van der Waals surface area (Å²) in [7, 11) is 0. The van der Waals surface area contributed by atoms with Crippen LogP contribution in [0.4, 0.5) is 5.69 Å². The number of nitrogen functional groups attached to an aromatic ring is 1. The third-order valence-corrected chi connectivity index (χ3v) is 3.35. The highest BCUT2D eigenvalue weighted by Gasteiger charge is 2.27. The van der Waals surface area contributed by atoms with Gasteiger partial charge in [-0.15, -0.1) is 0 Å². The molecule has 0 bridgehead atoms. The van der Waals surface area contributed by atoms with E-state index in [-0.39, 0.29) is 5.91 Å². The summed E-state index contributed by atoms with van der Waals surface area (Å²) >= 11 is 0. The second kappa shape index (κ2) is 4.94. The van der Waals surface area contributed by atoms with Gasteiger partial charge in [-0.3, -0.25) is 9.78 Å². The summed E-state index contributed by atoms with van der Waals surface area (Å²) in [5, 5.41) is 10.00. The fourth-order valence-electron chi connectivity index (χ4n) is 2.19. The Morgan fingerprint density at radius 3 is 3.00 bits per heavy atom. The second-order valence-electron chi connectivity index (χ2n) is 5.12. The first-order valence-corrected chi connectivity index (χ1v) is 6.21. The zero-order valence-electron chi connectivity index (χ0n) is 10.6. The highest BCUT2D eigenvalue weighted by molar-refractivity contribution is 5.93. The first-order chi connectivity index (χ1) is 8.48. The molecule has 0 spiro atoms. The molecule has 1 atom stereocenters. The maximum absolute atomic E-state index is 12.2. The lowest BCUT2D eigenvalue weighted by molar-refractivity contribution is 0.0437. The average Bonchev–Trinajstić information content (AvgIpc) is 2.49. The molecule has 1 unspecified atom stereocenters. The van der Waals surface area contributed by atoms with Gasteiger partial charge in [0.15, 0.2) is 0 Å². The maximum Gasteiger partial charge on any atom is 0.272 e. The first-order valence-electron chi connectivity index (χ1n) is 6.21. The zero-order chi connectivity index (χ0) is 13.2. The summed E-state index contributed by atoms with van der Waals surface area (Å²) in [6.45, 7) is 3.04. The number of anilines is 1. The van der Waals surface area contributed by atoms with Crippen molar-refractivity contribution in [3.8, 4) is 0 Å². The van der Waals surface area contributed by atoms with Crippen molar-refractivity contribution in [2.45, 2.75) is 31.8 Å². The summed E-state index contributed by atoms with van der Waals surface area (Å²) in [6, 6.07) is 3.25. The van der Waals surface area contributed by atoms with E-state index in [2.05, 4.69) is 4.98 Å². The van der Waals surface area contributed by atoms with Crippen molar-refractivity contribution in [1.82, 2.24) is 9.88 Å². The van der Waals surface area contributed by atoms with Gasteiger partial charge in [0.25, 0.3) is 5.91 Å². The van der Waals surface area contributed by atoms with Crippen LogP contribution >= 0.6 is 0 Å². The molecule has 0 aliphatic carbocycles. The monoisotopic (exact) mass is 249 g/mol. The van der Waals surface area contributed by atoms with Gasteiger partial charge in [0, 0.05) is 25.0 Å². The predicted octanol–water partition coefficient (Wildman–Crippen LogP) is 1.04. The van der Waals surface area contributed by atoms with E-state index in [1.54, 1.807) is 17.0 Å². The second-order valence-corrected chi connectivity index (χ2v) is 5.12. The number of amides is 1. The van der Waals surface area contributed by atoms with Gasteiger partial charge >= 0.3 is 0 Å². The molecular weight excluding hydrogens is 230 g/mol. The van der Waals surface area contributed by atoms with Gasteiger partial charge < -0.3 is 15.7 Å². The van der Waals surface area contributed by atoms with Crippen molar-refractivity contribution in [2.75, 3.05) is 18.8 Å². The van der Waals surface area contributed by atoms with Crippen LogP contribution in [0.1, 0.15) is 36.7 Å². The molecule has 2 rings (SSSR count). The van der Waals surface area contributed by atoms with Crippen molar-refractivity contribution >= 4 is 11.6 Å². The third-order valence-electron chi connectivity index (χ3n) is 3.35. The van der Waals surface area contributed by atoms with Gasteiger partial charge in [-0.2, -0.15) is 0 Å². The molecule has 1 saturated heterocycles. The zero-order valence-corrected chi connectivity index (χ0v) is 10.6. The van der Waals surface area contributed by atoms with Gasteiger partial charge in [-0.25, -0.2) is 0 Å². The molecule has 1 aliphatic heterocycles. The summed E-state index contributed by atoms with van der Waals surface area (Å²) in [4.78, 5) is 18.0. The van der Waals surface area contributed by atoms with Crippen LogP contribution in [0.25, 0.3) is 0 Å².